The van der Waals surface area contributed by atoms with Gasteiger partial charge in [-0.05, 0) is 44.9 Å². The molecule has 2 unspecified atom stereocenters. The number of amides is 2. The van der Waals surface area contributed by atoms with Crippen molar-refractivity contribution in [3.05, 3.63) is 59.7 Å². The van der Waals surface area contributed by atoms with E-state index in [9.17, 15) is 9.59 Å². The number of hydrogen-bond donors (Lipinski definition) is 1. The van der Waals surface area contributed by atoms with Gasteiger partial charge in [-0.25, -0.2) is 0 Å². The molecule has 6 nitrogen and oxygen atoms in total. The van der Waals surface area contributed by atoms with E-state index in [4.69, 9.17) is 9.47 Å². The molecular formula is C24H32N2O4. The summed E-state index contributed by atoms with van der Waals surface area (Å²) in [5, 5.41) is 2.96. The lowest BCUT2D eigenvalue weighted by Crippen LogP contribution is -2.50. The Labute approximate surface area is 179 Å². The summed E-state index contributed by atoms with van der Waals surface area (Å²) in [6, 6.07) is 14.5. The molecule has 1 N–H and O–H groups in total. The molecule has 0 saturated heterocycles. The third-order valence-electron chi connectivity index (χ3n) is 5.02. The minimum absolute atomic E-state index is 0.0423. The third-order valence-corrected chi connectivity index (χ3v) is 5.02. The number of carbonyl (C=O) groups excluding carboxylic acids is 2. The number of aryl methyl sites for hydroxylation is 1. The Morgan fingerprint density at radius 1 is 1.07 bits per heavy atom. The van der Waals surface area contributed by atoms with Crippen LogP contribution in [0.3, 0.4) is 0 Å². The summed E-state index contributed by atoms with van der Waals surface area (Å²) in [6.07, 6.45) is 0.821. The Balaban J connectivity index is 2.18. The van der Waals surface area contributed by atoms with Crippen LogP contribution in [0.5, 0.6) is 11.5 Å². The number of nitrogens with one attached hydrogen (secondary N) is 1. The maximum Gasteiger partial charge on any atom is 0.261 e. The van der Waals surface area contributed by atoms with Crippen LogP contribution in [0.4, 0.5) is 0 Å². The fraction of sp³-hybridized carbons (Fsp3) is 0.417. The van der Waals surface area contributed by atoms with Gasteiger partial charge in [0.15, 0.2) is 18.1 Å². The quantitative estimate of drug-likeness (QED) is 0.646. The highest BCUT2D eigenvalue weighted by Gasteiger charge is 2.27. The molecule has 2 atom stereocenters. The molecule has 2 aromatic carbocycles. The van der Waals surface area contributed by atoms with Crippen molar-refractivity contribution in [2.24, 2.45) is 0 Å². The van der Waals surface area contributed by atoms with Gasteiger partial charge in [0.05, 0.1) is 7.11 Å². The molecule has 0 aliphatic heterocycles. The van der Waals surface area contributed by atoms with Crippen LogP contribution in [-0.4, -0.2) is 42.5 Å². The minimum Gasteiger partial charge on any atom is -0.493 e. The topological polar surface area (TPSA) is 67.9 Å². The monoisotopic (exact) mass is 412 g/mol. The molecular weight excluding hydrogens is 380 g/mol. The molecule has 0 bridgehead atoms. The molecule has 0 fully saturated rings. The van der Waals surface area contributed by atoms with Crippen molar-refractivity contribution in [1.82, 2.24) is 10.2 Å². The van der Waals surface area contributed by atoms with Gasteiger partial charge in [0.25, 0.3) is 5.91 Å². The predicted octanol–water partition coefficient (Wildman–Crippen LogP) is 3.71. The fourth-order valence-electron chi connectivity index (χ4n) is 3.02. The molecule has 30 heavy (non-hydrogen) atoms. The van der Waals surface area contributed by atoms with Gasteiger partial charge in [0.2, 0.25) is 5.91 Å². The lowest BCUT2D eigenvalue weighted by molar-refractivity contribution is -0.142. The predicted molar refractivity (Wildman–Crippen MR) is 118 cm³/mol. The zero-order chi connectivity index (χ0) is 22.1. The van der Waals surface area contributed by atoms with Gasteiger partial charge in [0.1, 0.15) is 6.04 Å². The number of ether oxygens (including phenoxy) is 2. The smallest absolute Gasteiger partial charge is 0.261 e. The van der Waals surface area contributed by atoms with Gasteiger partial charge in [-0.3, -0.25) is 9.59 Å². The lowest BCUT2D eigenvalue weighted by atomic mass is 10.1. The summed E-state index contributed by atoms with van der Waals surface area (Å²) in [4.78, 5) is 27.4. The summed E-state index contributed by atoms with van der Waals surface area (Å²) in [7, 11) is 1.55. The Hall–Kier alpha value is -3.02. The number of para-hydroxylation sites is 2. The van der Waals surface area contributed by atoms with Crippen LogP contribution in [0.15, 0.2) is 48.5 Å². The Bertz CT molecular complexity index is 853. The highest BCUT2D eigenvalue weighted by molar-refractivity contribution is 5.88. The van der Waals surface area contributed by atoms with Crippen molar-refractivity contribution in [3.63, 3.8) is 0 Å². The Morgan fingerprint density at radius 2 is 1.77 bits per heavy atom. The van der Waals surface area contributed by atoms with Crippen LogP contribution in [0.1, 0.15) is 38.3 Å². The van der Waals surface area contributed by atoms with Crippen molar-refractivity contribution in [2.75, 3.05) is 13.7 Å². The van der Waals surface area contributed by atoms with Gasteiger partial charge >= 0.3 is 0 Å². The fourth-order valence-corrected chi connectivity index (χ4v) is 3.02. The van der Waals surface area contributed by atoms with E-state index in [0.717, 1.165) is 17.5 Å². The molecule has 0 spiro atoms. The lowest BCUT2D eigenvalue weighted by Gasteiger charge is -2.29. The number of hydrogen-bond acceptors (Lipinski definition) is 4. The van der Waals surface area contributed by atoms with Crippen molar-refractivity contribution in [2.45, 2.75) is 52.7 Å². The van der Waals surface area contributed by atoms with E-state index in [1.54, 1.807) is 31.1 Å². The molecule has 0 radical (unpaired) electrons. The molecule has 2 rings (SSSR count). The molecule has 0 saturated carbocycles. The van der Waals surface area contributed by atoms with E-state index < -0.39 is 6.04 Å². The number of carbonyl (C=O) groups is 2. The minimum atomic E-state index is -0.631. The van der Waals surface area contributed by atoms with Gasteiger partial charge in [-0.15, -0.1) is 0 Å². The van der Waals surface area contributed by atoms with Crippen LogP contribution in [0.2, 0.25) is 0 Å². The first kappa shape index (κ1) is 23.3. The van der Waals surface area contributed by atoms with E-state index in [-0.39, 0.29) is 24.5 Å². The molecule has 2 aromatic rings. The zero-order valence-corrected chi connectivity index (χ0v) is 18.5. The van der Waals surface area contributed by atoms with Crippen LogP contribution in [0.25, 0.3) is 0 Å². The van der Waals surface area contributed by atoms with Crippen LogP contribution < -0.4 is 14.8 Å². The second kappa shape index (κ2) is 11.2. The van der Waals surface area contributed by atoms with Crippen LogP contribution in [-0.2, 0) is 16.1 Å². The van der Waals surface area contributed by atoms with Crippen LogP contribution in [0, 0.1) is 6.92 Å². The molecule has 2 amide bonds. The molecule has 162 valence electrons. The summed E-state index contributed by atoms with van der Waals surface area (Å²) in [6.45, 7) is 7.83. The Morgan fingerprint density at radius 3 is 2.40 bits per heavy atom. The summed E-state index contributed by atoms with van der Waals surface area (Å²) < 4.78 is 11.0. The van der Waals surface area contributed by atoms with Crippen molar-refractivity contribution >= 4 is 11.8 Å². The second-order valence-electron chi connectivity index (χ2n) is 7.44. The first-order chi connectivity index (χ1) is 14.3. The highest BCUT2D eigenvalue weighted by Crippen LogP contribution is 2.25. The van der Waals surface area contributed by atoms with E-state index in [1.807, 2.05) is 57.2 Å². The molecule has 0 heterocycles. The Kier molecular flexibility index (Phi) is 8.71. The summed E-state index contributed by atoms with van der Waals surface area (Å²) in [5.41, 5.74) is 2.06. The molecule has 0 aliphatic rings. The number of rotatable bonds is 10. The first-order valence-corrected chi connectivity index (χ1v) is 10.3. The van der Waals surface area contributed by atoms with E-state index >= 15 is 0 Å². The second-order valence-corrected chi connectivity index (χ2v) is 7.44. The molecule has 6 heteroatoms. The van der Waals surface area contributed by atoms with Gasteiger partial charge < -0.3 is 19.7 Å². The first-order valence-electron chi connectivity index (χ1n) is 10.3. The van der Waals surface area contributed by atoms with Crippen molar-refractivity contribution in [1.29, 1.82) is 0 Å². The average molecular weight is 413 g/mol. The molecule has 0 aromatic heterocycles. The third kappa shape index (κ3) is 6.51. The highest BCUT2D eigenvalue weighted by atomic mass is 16.5. The normalized spacial score (nSPS) is 12.6. The van der Waals surface area contributed by atoms with E-state index in [2.05, 4.69) is 5.32 Å². The maximum atomic E-state index is 13.1. The van der Waals surface area contributed by atoms with E-state index in [1.165, 1.54) is 0 Å². The number of methoxy groups -OCH3 is 1. The zero-order valence-electron chi connectivity index (χ0n) is 18.5. The SMILES string of the molecule is CCC(C)NC(=O)C(C)N(Cc1cccc(C)c1)C(=O)COc1ccccc1OC. The molecule has 0 aliphatic carbocycles. The average Bonchev–Trinajstić information content (AvgIpc) is 2.75. The van der Waals surface area contributed by atoms with Crippen molar-refractivity contribution in [3.8, 4) is 11.5 Å². The summed E-state index contributed by atoms with van der Waals surface area (Å²) >= 11 is 0. The van der Waals surface area contributed by atoms with Crippen LogP contribution >= 0.6 is 0 Å². The largest absolute Gasteiger partial charge is 0.493 e. The van der Waals surface area contributed by atoms with Gasteiger partial charge in [-0.2, -0.15) is 0 Å². The summed E-state index contributed by atoms with van der Waals surface area (Å²) in [5.74, 6) is 0.593. The van der Waals surface area contributed by atoms with Gasteiger partial charge in [0, 0.05) is 12.6 Å². The maximum absolute atomic E-state index is 13.1. The van der Waals surface area contributed by atoms with E-state index in [0.29, 0.717) is 18.0 Å². The van der Waals surface area contributed by atoms with Gasteiger partial charge in [-0.1, -0.05) is 48.9 Å². The number of nitrogens with zero attached hydrogens (tertiary/aromatic N) is 1. The van der Waals surface area contributed by atoms with Crippen molar-refractivity contribution < 1.29 is 19.1 Å². The number of benzene rings is 2. The standard InChI is InChI=1S/C24H32N2O4/c1-6-18(3)25-24(28)19(4)26(15-20-11-9-10-17(2)14-20)23(27)16-30-22-13-8-7-12-21(22)29-5/h7-14,18-19H,6,15-16H2,1-5H3,(H,25,28).